The number of nitrogens with one attached hydrogen (secondary N) is 2. The van der Waals surface area contributed by atoms with Gasteiger partial charge in [0.1, 0.15) is 0 Å². The molecule has 0 unspecified atom stereocenters. The van der Waals surface area contributed by atoms with Crippen molar-refractivity contribution in [3.63, 3.8) is 0 Å². The Morgan fingerprint density at radius 1 is 1.17 bits per heavy atom. The molecule has 1 atom stereocenters. The molecule has 2 aliphatic heterocycles. The average Bonchev–Trinajstić information content (AvgIpc) is 3.04. The van der Waals surface area contributed by atoms with Gasteiger partial charge in [-0.3, -0.25) is 14.4 Å². The molecule has 0 radical (unpaired) electrons. The molecule has 0 bridgehead atoms. The van der Waals surface area contributed by atoms with Crippen LogP contribution in [0.3, 0.4) is 0 Å². The van der Waals surface area contributed by atoms with Crippen LogP contribution in [0.5, 0.6) is 0 Å². The van der Waals surface area contributed by atoms with Gasteiger partial charge in [-0.2, -0.15) is 0 Å². The van der Waals surface area contributed by atoms with Crippen LogP contribution in [0.1, 0.15) is 35.6 Å². The van der Waals surface area contributed by atoms with Gasteiger partial charge in [-0.1, -0.05) is 23.7 Å². The van der Waals surface area contributed by atoms with E-state index in [2.05, 4.69) is 10.6 Å². The van der Waals surface area contributed by atoms with Crippen molar-refractivity contribution in [3.05, 3.63) is 58.1 Å². The van der Waals surface area contributed by atoms with E-state index in [1.165, 1.54) is 0 Å². The first-order chi connectivity index (χ1) is 14.4. The zero-order valence-electron chi connectivity index (χ0n) is 16.3. The number of aryl methyl sites for hydroxylation is 1. The average molecular weight is 428 g/mol. The Morgan fingerprint density at radius 2 is 1.97 bits per heavy atom. The van der Waals surface area contributed by atoms with Crippen LogP contribution in [0, 0.1) is 0 Å². The zero-order chi connectivity index (χ0) is 21.3. The maximum atomic E-state index is 12.3. The first-order valence-corrected chi connectivity index (χ1v) is 10.3. The fourth-order valence-electron chi connectivity index (χ4n) is 4.02. The van der Waals surface area contributed by atoms with Crippen LogP contribution in [0.25, 0.3) is 0 Å². The number of aliphatic hydroxyl groups excluding tert-OH is 1. The summed E-state index contributed by atoms with van der Waals surface area (Å²) in [5, 5.41) is 15.8. The van der Waals surface area contributed by atoms with E-state index in [-0.39, 0.29) is 18.9 Å². The van der Waals surface area contributed by atoms with E-state index in [1.807, 2.05) is 6.07 Å². The third kappa shape index (κ3) is 4.17. The number of anilines is 2. The van der Waals surface area contributed by atoms with E-state index in [9.17, 15) is 19.5 Å². The number of nitrogens with zero attached hydrogens (tertiary/aromatic N) is 1. The summed E-state index contributed by atoms with van der Waals surface area (Å²) in [6.45, 7) is 0.868. The molecule has 0 saturated carbocycles. The number of hydrogen-bond donors (Lipinski definition) is 3. The fourth-order valence-corrected chi connectivity index (χ4v) is 4.22. The van der Waals surface area contributed by atoms with Crippen molar-refractivity contribution >= 4 is 40.7 Å². The molecule has 2 aliphatic rings. The van der Waals surface area contributed by atoms with Gasteiger partial charge in [0.25, 0.3) is 0 Å². The number of amides is 3. The lowest BCUT2D eigenvalue weighted by Crippen LogP contribution is -2.36. The molecule has 2 aromatic rings. The molecular formula is C22H22ClN3O4. The molecule has 3 N–H and O–H groups in total. The summed E-state index contributed by atoms with van der Waals surface area (Å²) < 4.78 is 0. The van der Waals surface area contributed by atoms with Gasteiger partial charge in [-0.15, -0.1) is 0 Å². The van der Waals surface area contributed by atoms with Crippen molar-refractivity contribution in [2.75, 3.05) is 23.3 Å². The largest absolute Gasteiger partial charge is 0.388 e. The predicted octanol–water partition coefficient (Wildman–Crippen LogP) is 2.35. The molecular weight excluding hydrogens is 406 g/mol. The Balaban J connectivity index is 1.33. The van der Waals surface area contributed by atoms with Crippen molar-refractivity contribution in [1.82, 2.24) is 5.32 Å². The molecule has 0 spiro atoms. The van der Waals surface area contributed by atoms with Gasteiger partial charge in [0.2, 0.25) is 5.91 Å². The Labute approximate surface area is 179 Å². The standard InChI is InChI=1S/C22H22ClN3O4/c23-16-5-1-3-13(9-16)18(27)6-7-24-21(29)22(30)25-17-10-14-4-2-8-26-19(28)12-15(11-17)20(14)26/h1,3,5,9-11,18,27H,2,4,6-8,12H2,(H,24,29)(H,25,30)/t18-/m0/s1. The number of halogens is 1. The lowest BCUT2D eigenvalue weighted by atomic mass is 9.99. The number of rotatable bonds is 5. The maximum absolute atomic E-state index is 12.3. The molecule has 3 amide bonds. The monoisotopic (exact) mass is 427 g/mol. The number of aliphatic hydroxyl groups is 1. The fraction of sp³-hybridized carbons (Fsp3) is 0.318. The molecule has 4 rings (SSSR count). The minimum atomic E-state index is -0.794. The van der Waals surface area contributed by atoms with E-state index in [4.69, 9.17) is 11.6 Å². The maximum Gasteiger partial charge on any atom is 0.313 e. The van der Waals surface area contributed by atoms with Crippen LogP contribution in [0.4, 0.5) is 11.4 Å². The van der Waals surface area contributed by atoms with Crippen molar-refractivity contribution in [2.45, 2.75) is 31.8 Å². The minimum absolute atomic E-state index is 0.0745. The Morgan fingerprint density at radius 3 is 2.77 bits per heavy atom. The number of benzene rings is 2. The summed E-state index contributed by atoms with van der Waals surface area (Å²) in [4.78, 5) is 38.3. The molecule has 156 valence electrons. The first kappa shape index (κ1) is 20.4. The van der Waals surface area contributed by atoms with Crippen molar-refractivity contribution < 1.29 is 19.5 Å². The number of carbonyl (C=O) groups excluding carboxylic acids is 3. The van der Waals surface area contributed by atoms with Crippen molar-refractivity contribution in [3.8, 4) is 0 Å². The van der Waals surface area contributed by atoms with Gasteiger partial charge in [-0.05, 0) is 60.2 Å². The second-order valence-corrected chi connectivity index (χ2v) is 7.97. The first-order valence-electron chi connectivity index (χ1n) is 9.91. The molecule has 7 nitrogen and oxygen atoms in total. The summed E-state index contributed by atoms with van der Waals surface area (Å²) in [5.41, 5.74) is 4.03. The summed E-state index contributed by atoms with van der Waals surface area (Å²) in [6.07, 6.45) is 1.49. The number of carbonyl (C=O) groups is 3. The Hall–Kier alpha value is -2.90. The Bertz CT molecular complexity index is 1020. The smallest absolute Gasteiger partial charge is 0.313 e. The van der Waals surface area contributed by atoms with Gasteiger partial charge in [0, 0.05) is 23.8 Å². The van der Waals surface area contributed by atoms with Gasteiger partial charge >= 0.3 is 11.8 Å². The van der Waals surface area contributed by atoms with E-state index >= 15 is 0 Å². The topological polar surface area (TPSA) is 98.7 Å². The van der Waals surface area contributed by atoms with E-state index in [0.717, 1.165) is 36.2 Å². The van der Waals surface area contributed by atoms with Crippen molar-refractivity contribution in [2.24, 2.45) is 0 Å². The van der Waals surface area contributed by atoms with E-state index in [0.29, 0.717) is 22.7 Å². The highest BCUT2D eigenvalue weighted by atomic mass is 35.5. The van der Waals surface area contributed by atoms with E-state index in [1.54, 1.807) is 35.2 Å². The molecule has 30 heavy (non-hydrogen) atoms. The minimum Gasteiger partial charge on any atom is -0.388 e. The SMILES string of the molecule is O=C(NCC[C@H](O)c1cccc(Cl)c1)C(=O)Nc1cc2c3c(c1)CC(=O)N3CCC2. The van der Waals surface area contributed by atoms with Gasteiger partial charge < -0.3 is 20.6 Å². The highest BCUT2D eigenvalue weighted by Gasteiger charge is 2.32. The summed E-state index contributed by atoms with van der Waals surface area (Å²) >= 11 is 5.91. The molecule has 0 aromatic heterocycles. The highest BCUT2D eigenvalue weighted by Crippen LogP contribution is 2.38. The Kier molecular flexibility index (Phi) is 5.74. The molecule has 0 saturated heterocycles. The van der Waals surface area contributed by atoms with Crippen LogP contribution >= 0.6 is 11.6 Å². The molecule has 2 aromatic carbocycles. The third-order valence-corrected chi connectivity index (χ3v) is 5.64. The van der Waals surface area contributed by atoms with E-state index < -0.39 is 17.9 Å². The van der Waals surface area contributed by atoms with Gasteiger partial charge in [0.15, 0.2) is 0 Å². The third-order valence-electron chi connectivity index (χ3n) is 5.41. The normalized spacial score (nSPS) is 15.5. The molecule has 0 aliphatic carbocycles. The predicted molar refractivity (Wildman–Crippen MR) is 113 cm³/mol. The van der Waals surface area contributed by atoms with Crippen LogP contribution in [0.2, 0.25) is 5.02 Å². The van der Waals surface area contributed by atoms with Crippen LogP contribution in [0.15, 0.2) is 36.4 Å². The quantitative estimate of drug-likeness (QED) is 0.638. The lowest BCUT2D eigenvalue weighted by Gasteiger charge is -2.26. The van der Waals surface area contributed by atoms with Crippen LogP contribution in [-0.2, 0) is 27.2 Å². The van der Waals surface area contributed by atoms with Crippen LogP contribution < -0.4 is 15.5 Å². The van der Waals surface area contributed by atoms with Gasteiger partial charge in [0.05, 0.1) is 18.2 Å². The number of hydrogen-bond acceptors (Lipinski definition) is 4. The van der Waals surface area contributed by atoms with Crippen molar-refractivity contribution in [1.29, 1.82) is 0 Å². The molecule has 8 heteroatoms. The molecule has 2 heterocycles. The highest BCUT2D eigenvalue weighted by molar-refractivity contribution is 6.39. The summed E-state index contributed by atoms with van der Waals surface area (Å²) in [7, 11) is 0. The summed E-state index contributed by atoms with van der Waals surface area (Å²) in [5.74, 6) is -1.48. The molecule has 0 fully saturated rings. The lowest BCUT2D eigenvalue weighted by molar-refractivity contribution is -0.136. The van der Waals surface area contributed by atoms with Crippen LogP contribution in [-0.4, -0.2) is 35.9 Å². The summed E-state index contributed by atoms with van der Waals surface area (Å²) in [6, 6.07) is 10.5. The zero-order valence-corrected chi connectivity index (χ0v) is 17.0. The second-order valence-electron chi connectivity index (χ2n) is 7.54. The van der Waals surface area contributed by atoms with Gasteiger partial charge in [-0.25, -0.2) is 0 Å². The second kappa shape index (κ2) is 8.45.